The van der Waals surface area contributed by atoms with Gasteiger partial charge in [0.2, 0.25) is 0 Å². The zero-order chi connectivity index (χ0) is 15.1. The van der Waals surface area contributed by atoms with Gasteiger partial charge in [-0.3, -0.25) is 4.79 Å². The van der Waals surface area contributed by atoms with E-state index in [4.69, 9.17) is 15.2 Å². The topological polar surface area (TPSA) is 61.5 Å². The van der Waals surface area contributed by atoms with Crippen molar-refractivity contribution in [2.45, 2.75) is 13.5 Å². The third kappa shape index (κ3) is 4.84. The SMILES string of the molecule is CC(COc1cccc(N)c1)C(=O)OCc1ccccc1. The Labute approximate surface area is 124 Å². The summed E-state index contributed by atoms with van der Waals surface area (Å²) in [6.45, 7) is 2.32. The van der Waals surface area contributed by atoms with Crippen LogP contribution >= 0.6 is 0 Å². The van der Waals surface area contributed by atoms with Gasteiger partial charge in [-0.15, -0.1) is 0 Å². The molecule has 4 heteroatoms. The van der Waals surface area contributed by atoms with Crippen molar-refractivity contribution >= 4 is 11.7 Å². The van der Waals surface area contributed by atoms with Gasteiger partial charge in [-0.2, -0.15) is 0 Å². The highest BCUT2D eigenvalue weighted by Crippen LogP contribution is 2.15. The lowest BCUT2D eigenvalue weighted by atomic mass is 10.2. The van der Waals surface area contributed by atoms with E-state index in [1.165, 1.54) is 0 Å². The van der Waals surface area contributed by atoms with Crippen LogP contribution in [0, 0.1) is 5.92 Å². The van der Waals surface area contributed by atoms with E-state index in [9.17, 15) is 4.79 Å². The molecule has 0 saturated heterocycles. The first-order valence-electron chi connectivity index (χ1n) is 6.84. The van der Waals surface area contributed by atoms with Gasteiger partial charge < -0.3 is 15.2 Å². The number of benzene rings is 2. The van der Waals surface area contributed by atoms with Crippen LogP contribution in [0.3, 0.4) is 0 Å². The average Bonchev–Trinajstić information content (AvgIpc) is 2.51. The number of carbonyl (C=O) groups excluding carboxylic acids is 1. The molecule has 0 aliphatic heterocycles. The Morgan fingerprint density at radius 2 is 1.90 bits per heavy atom. The molecule has 0 aromatic heterocycles. The van der Waals surface area contributed by atoms with E-state index in [1.807, 2.05) is 36.4 Å². The summed E-state index contributed by atoms with van der Waals surface area (Å²) in [5, 5.41) is 0. The number of anilines is 1. The summed E-state index contributed by atoms with van der Waals surface area (Å²) in [6, 6.07) is 16.7. The quantitative estimate of drug-likeness (QED) is 0.654. The summed E-state index contributed by atoms with van der Waals surface area (Å²) < 4.78 is 10.8. The van der Waals surface area contributed by atoms with Crippen molar-refractivity contribution in [3.8, 4) is 5.75 Å². The summed E-state index contributed by atoms with van der Waals surface area (Å²) in [6.07, 6.45) is 0. The van der Waals surface area contributed by atoms with E-state index in [1.54, 1.807) is 25.1 Å². The molecule has 0 aliphatic rings. The van der Waals surface area contributed by atoms with Crippen molar-refractivity contribution in [1.29, 1.82) is 0 Å². The number of esters is 1. The lowest BCUT2D eigenvalue weighted by molar-refractivity contribution is -0.150. The largest absolute Gasteiger partial charge is 0.493 e. The number of hydrogen-bond donors (Lipinski definition) is 1. The molecule has 0 fully saturated rings. The monoisotopic (exact) mass is 285 g/mol. The van der Waals surface area contributed by atoms with Crippen molar-refractivity contribution in [2.75, 3.05) is 12.3 Å². The van der Waals surface area contributed by atoms with Crippen LogP contribution in [-0.2, 0) is 16.1 Å². The Morgan fingerprint density at radius 3 is 2.62 bits per heavy atom. The van der Waals surface area contributed by atoms with Gasteiger partial charge in [0.1, 0.15) is 19.0 Å². The molecule has 21 heavy (non-hydrogen) atoms. The second kappa shape index (κ2) is 7.33. The predicted octanol–water partition coefficient (Wildman–Crippen LogP) is 3.03. The molecule has 1 unspecified atom stereocenters. The van der Waals surface area contributed by atoms with Crippen LogP contribution in [0.2, 0.25) is 0 Å². The van der Waals surface area contributed by atoms with Crippen LogP contribution in [0.1, 0.15) is 12.5 Å². The van der Waals surface area contributed by atoms with Crippen molar-refractivity contribution < 1.29 is 14.3 Å². The molecule has 0 amide bonds. The first-order valence-corrected chi connectivity index (χ1v) is 6.84. The average molecular weight is 285 g/mol. The molecule has 0 bridgehead atoms. The highest BCUT2D eigenvalue weighted by Gasteiger charge is 2.15. The summed E-state index contributed by atoms with van der Waals surface area (Å²) in [5.74, 6) is 0.0376. The van der Waals surface area contributed by atoms with E-state index in [0.717, 1.165) is 5.56 Å². The van der Waals surface area contributed by atoms with E-state index in [2.05, 4.69) is 0 Å². The fraction of sp³-hybridized carbons (Fsp3) is 0.235. The Morgan fingerprint density at radius 1 is 1.14 bits per heavy atom. The van der Waals surface area contributed by atoms with Crippen LogP contribution in [-0.4, -0.2) is 12.6 Å². The van der Waals surface area contributed by atoms with Crippen LogP contribution < -0.4 is 10.5 Å². The maximum atomic E-state index is 11.9. The molecule has 2 N–H and O–H groups in total. The molecule has 0 radical (unpaired) electrons. The first-order chi connectivity index (χ1) is 10.1. The molecule has 2 rings (SSSR count). The predicted molar refractivity (Wildman–Crippen MR) is 81.8 cm³/mol. The van der Waals surface area contributed by atoms with E-state index in [0.29, 0.717) is 11.4 Å². The van der Waals surface area contributed by atoms with Gasteiger partial charge >= 0.3 is 5.97 Å². The van der Waals surface area contributed by atoms with E-state index >= 15 is 0 Å². The smallest absolute Gasteiger partial charge is 0.312 e. The molecule has 2 aromatic rings. The number of nitrogen functional groups attached to an aromatic ring is 1. The van der Waals surface area contributed by atoms with Crippen molar-refractivity contribution in [1.82, 2.24) is 0 Å². The van der Waals surface area contributed by atoms with Gasteiger partial charge in [-0.25, -0.2) is 0 Å². The Bertz CT molecular complexity index is 584. The minimum absolute atomic E-state index is 0.261. The molecule has 0 heterocycles. The fourth-order valence-electron chi connectivity index (χ4n) is 1.76. The summed E-state index contributed by atoms with van der Waals surface area (Å²) >= 11 is 0. The molecular formula is C17H19NO3. The number of ether oxygens (including phenoxy) is 2. The third-order valence-corrected chi connectivity index (χ3v) is 2.98. The number of nitrogens with two attached hydrogens (primary N) is 1. The lowest BCUT2D eigenvalue weighted by Crippen LogP contribution is -2.21. The van der Waals surface area contributed by atoms with Gasteiger partial charge in [0.25, 0.3) is 0 Å². The molecule has 0 aliphatic carbocycles. The van der Waals surface area contributed by atoms with Gasteiger partial charge in [-0.1, -0.05) is 36.4 Å². The highest BCUT2D eigenvalue weighted by atomic mass is 16.5. The Kier molecular flexibility index (Phi) is 5.21. The summed E-state index contributed by atoms with van der Waals surface area (Å²) in [7, 11) is 0. The molecule has 1 atom stereocenters. The maximum absolute atomic E-state index is 11.9. The number of hydrogen-bond acceptors (Lipinski definition) is 4. The summed E-state index contributed by atoms with van der Waals surface area (Å²) in [5.41, 5.74) is 7.26. The highest BCUT2D eigenvalue weighted by molar-refractivity contribution is 5.72. The summed E-state index contributed by atoms with van der Waals surface area (Å²) in [4.78, 5) is 11.9. The van der Waals surface area contributed by atoms with Crippen molar-refractivity contribution in [3.05, 3.63) is 60.2 Å². The molecule has 4 nitrogen and oxygen atoms in total. The maximum Gasteiger partial charge on any atom is 0.312 e. The number of carbonyl (C=O) groups is 1. The van der Waals surface area contributed by atoms with Crippen LogP contribution in [0.15, 0.2) is 54.6 Å². The Hall–Kier alpha value is -2.49. The third-order valence-electron chi connectivity index (χ3n) is 2.98. The van der Waals surface area contributed by atoms with E-state index < -0.39 is 0 Å². The minimum atomic E-state index is -0.338. The molecule has 0 saturated carbocycles. The number of rotatable bonds is 6. The van der Waals surface area contributed by atoms with Crippen molar-refractivity contribution in [2.24, 2.45) is 5.92 Å². The standard InChI is InChI=1S/C17H19NO3/c1-13(11-20-16-9-5-8-15(18)10-16)17(19)21-12-14-6-3-2-4-7-14/h2-10,13H,11-12,18H2,1H3. The second-order valence-electron chi connectivity index (χ2n) is 4.88. The van der Waals surface area contributed by atoms with Crippen LogP contribution in [0.25, 0.3) is 0 Å². The lowest BCUT2D eigenvalue weighted by Gasteiger charge is -2.13. The normalized spacial score (nSPS) is 11.7. The zero-order valence-electron chi connectivity index (χ0n) is 12.0. The Balaban J connectivity index is 1.77. The molecular weight excluding hydrogens is 266 g/mol. The van der Waals surface area contributed by atoms with Gasteiger partial charge in [0.15, 0.2) is 0 Å². The van der Waals surface area contributed by atoms with Gasteiger partial charge in [0, 0.05) is 11.8 Å². The van der Waals surface area contributed by atoms with Crippen molar-refractivity contribution in [3.63, 3.8) is 0 Å². The second-order valence-corrected chi connectivity index (χ2v) is 4.88. The molecule has 110 valence electrons. The van der Waals surface area contributed by atoms with Gasteiger partial charge in [0.05, 0.1) is 5.92 Å². The van der Waals surface area contributed by atoms with Crippen LogP contribution in [0.4, 0.5) is 5.69 Å². The van der Waals surface area contributed by atoms with Crippen LogP contribution in [0.5, 0.6) is 5.75 Å². The fourth-order valence-corrected chi connectivity index (χ4v) is 1.76. The molecule has 0 spiro atoms. The first kappa shape index (κ1) is 14.9. The molecule has 2 aromatic carbocycles. The minimum Gasteiger partial charge on any atom is -0.493 e. The zero-order valence-corrected chi connectivity index (χ0v) is 12.0. The van der Waals surface area contributed by atoms with E-state index in [-0.39, 0.29) is 25.1 Å². The van der Waals surface area contributed by atoms with Gasteiger partial charge in [-0.05, 0) is 24.6 Å².